The van der Waals surface area contributed by atoms with E-state index in [-0.39, 0.29) is 12.4 Å². The molecule has 0 heterocycles. The van der Waals surface area contributed by atoms with Crippen molar-refractivity contribution in [2.24, 2.45) is 0 Å². The zero-order valence-electron chi connectivity index (χ0n) is 10.5. The van der Waals surface area contributed by atoms with Gasteiger partial charge < -0.3 is 14.9 Å². The average Bonchev–Trinajstić information content (AvgIpc) is 2.45. The fraction of sp³-hybridized carbons (Fsp3) is 0.133. The van der Waals surface area contributed by atoms with E-state index < -0.39 is 23.5 Å². The number of aliphatic hydroxyl groups is 1. The van der Waals surface area contributed by atoms with Gasteiger partial charge in [-0.3, -0.25) is 0 Å². The van der Waals surface area contributed by atoms with E-state index in [0.29, 0.717) is 5.56 Å². The van der Waals surface area contributed by atoms with Gasteiger partial charge in [0.1, 0.15) is 24.3 Å². The number of benzene rings is 2. The highest BCUT2D eigenvalue weighted by atomic mass is 19.1. The van der Waals surface area contributed by atoms with Crippen LogP contribution in [0.4, 0.5) is 4.39 Å². The van der Waals surface area contributed by atoms with Crippen LogP contribution >= 0.6 is 0 Å². The van der Waals surface area contributed by atoms with Crippen LogP contribution in [0.2, 0.25) is 0 Å². The molecule has 0 aliphatic carbocycles. The van der Waals surface area contributed by atoms with Crippen molar-refractivity contribution in [3.8, 4) is 5.75 Å². The van der Waals surface area contributed by atoms with Crippen molar-refractivity contribution in [1.82, 2.24) is 0 Å². The molecule has 1 unspecified atom stereocenters. The van der Waals surface area contributed by atoms with Crippen molar-refractivity contribution < 1.29 is 24.1 Å². The maximum Gasteiger partial charge on any atom is 0.338 e. The van der Waals surface area contributed by atoms with Gasteiger partial charge in [-0.05, 0) is 17.7 Å². The summed E-state index contributed by atoms with van der Waals surface area (Å²) in [5, 5.41) is 18.6. The Morgan fingerprint density at radius 3 is 2.50 bits per heavy atom. The molecule has 0 saturated heterocycles. The Kier molecular flexibility index (Phi) is 4.32. The number of aliphatic hydroxyl groups excluding tert-OH is 1. The summed E-state index contributed by atoms with van der Waals surface area (Å²) < 4.78 is 18.7. The predicted octanol–water partition coefficient (Wildman–Crippen LogP) is 2.64. The van der Waals surface area contributed by atoms with E-state index in [1.54, 1.807) is 24.3 Å². The van der Waals surface area contributed by atoms with Gasteiger partial charge in [0.25, 0.3) is 0 Å². The number of halogens is 1. The van der Waals surface area contributed by atoms with Gasteiger partial charge in [0.15, 0.2) is 0 Å². The van der Waals surface area contributed by atoms with Crippen LogP contribution in [0.15, 0.2) is 48.5 Å². The molecule has 0 radical (unpaired) electrons. The lowest BCUT2D eigenvalue weighted by atomic mass is 10.1. The molecule has 0 bridgehead atoms. The normalized spacial score (nSPS) is 11.9. The SMILES string of the molecule is O=C(O)c1ccc(OCC(O)c2ccccc2)cc1F. The molecule has 2 aromatic rings. The Balaban J connectivity index is 2.01. The van der Waals surface area contributed by atoms with E-state index >= 15 is 0 Å². The highest BCUT2D eigenvalue weighted by molar-refractivity contribution is 5.88. The largest absolute Gasteiger partial charge is 0.490 e. The Morgan fingerprint density at radius 1 is 1.20 bits per heavy atom. The number of hydrogen-bond acceptors (Lipinski definition) is 3. The zero-order valence-corrected chi connectivity index (χ0v) is 10.5. The molecule has 0 fully saturated rings. The van der Waals surface area contributed by atoms with Crippen LogP contribution in [0.5, 0.6) is 5.75 Å². The highest BCUT2D eigenvalue weighted by Gasteiger charge is 2.12. The summed E-state index contributed by atoms with van der Waals surface area (Å²) in [5.41, 5.74) is 0.274. The number of aromatic carboxylic acids is 1. The molecule has 2 N–H and O–H groups in total. The van der Waals surface area contributed by atoms with E-state index in [9.17, 15) is 14.3 Å². The van der Waals surface area contributed by atoms with Crippen LogP contribution < -0.4 is 4.74 Å². The van der Waals surface area contributed by atoms with Gasteiger partial charge in [-0.1, -0.05) is 30.3 Å². The van der Waals surface area contributed by atoms with Gasteiger partial charge >= 0.3 is 5.97 Å². The van der Waals surface area contributed by atoms with Crippen LogP contribution in [0.25, 0.3) is 0 Å². The highest BCUT2D eigenvalue weighted by Crippen LogP contribution is 2.19. The molecule has 0 saturated carbocycles. The fourth-order valence-electron chi connectivity index (χ4n) is 1.71. The van der Waals surface area contributed by atoms with E-state index in [1.165, 1.54) is 6.07 Å². The number of rotatable bonds is 5. The molecule has 2 aromatic carbocycles. The first-order chi connectivity index (χ1) is 9.58. The summed E-state index contributed by atoms with van der Waals surface area (Å²) in [6, 6.07) is 12.4. The third kappa shape index (κ3) is 3.33. The van der Waals surface area contributed by atoms with E-state index in [4.69, 9.17) is 9.84 Å². The molecule has 0 amide bonds. The van der Waals surface area contributed by atoms with Crippen LogP contribution in [-0.2, 0) is 0 Å². The van der Waals surface area contributed by atoms with Crippen LogP contribution in [0, 0.1) is 5.82 Å². The number of hydrogen-bond donors (Lipinski definition) is 2. The Bertz CT molecular complexity index is 598. The summed E-state index contributed by atoms with van der Waals surface area (Å²) in [6.07, 6.45) is -0.835. The van der Waals surface area contributed by atoms with Gasteiger partial charge in [-0.25, -0.2) is 9.18 Å². The van der Waals surface area contributed by atoms with Crippen molar-refractivity contribution in [3.05, 3.63) is 65.5 Å². The molecule has 20 heavy (non-hydrogen) atoms. The zero-order chi connectivity index (χ0) is 14.5. The monoisotopic (exact) mass is 276 g/mol. The van der Waals surface area contributed by atoms with Crippen molar-refractivity contribution in [2.75, 3.05) is 6.61 Å². The molecule has 0 spiro atoms. The van der Waals surface area contributed by atoms with E-state index in [0.717, 1.165) is 12.1 Å². The Morgan fingerprint density at radius 2 is 1.90 bits per heavy atom. The predicted molar refractivity (Wildman–Crippen MR) is 70.3 cm³/mol. The minimum absolute atomic E-state index is 0.0458. The molecular formula is C15H13FO4. The van der Waals surface area contributed by atoms with Gasteiger partial charge in [0.05, 0.1) is 5.56 Å². The molecule has 0 aliphatic heterocycles. The van der Waals surface area contributed by atoms with Gasteiger partial charge in [-0.15, -0.1) is 0 Å². The lowest BCUT2D eigenvalue weighted by Gasteiger charge is -2.13. The van der Waals surface area contributed by atoms with Gasteiger partial charge in [-0.2, -0.15) is 0 Å². The molecule has 2 rings (SSSR count). The van der Waals surface area contributed by atoms with Crippen molar-refractivity contribution in [3.63, 3.8) is 0 Å². The molecule has 5 heteroatoms. The number of ether oxygens (including phenoxy) is 1. The number of carboxylic acid groups (broad SMARTS) is 1. The first kappa shape index (κ1) is 14.0. The van der Waals surface area contributed by atoms with Crippen molar-refractivity contribution in [1.29, 1.82) is 0 Å². The third-order valence-electron chi connectivity index (χ3n) is 2.76. The van der Waals surface area contributed by atoms with Gasteiger partial charge in [0.2, 0.25) is 0 Å². The summed E-state index contributed by atoms with van der Waals surface area (Å²) >= 11 is 0. The molecule has 1 atom stereocenters. The minimum atomic E-state index is -1.33. The maximum absolute atomic E-state index is 13.4. The quantitative estimate of drug-likeness (QED) is 0.881. The molecule has 104 valence electrons. The second-order valence-corrected chi connectivity index (χ2v) is 4.18. The lowest BCUT2D eigenvalue weighted by molar-refractivity contribution is 0.0691. The first-order valence-corrected chi connectivity index (χ1v) is 5.96. The lowest BCUT2D eigenvalue weighted by Crippen LogP contribution is -2.10. The second-order valence-electron chi connectivity index (χ2n) is 4.18. The second kappa shape index (κ2) is 6.16. The van der Waals surface area contributed by atoms with E-state index in [1.807, 2.05) is 6.07 Å². The van der Waals surface area contributed by atoms with Crippen molar-refractivity contribution >= 4 is 5.97 Å². The molecule has 4 nitrogen and oxygen atoms in total. The molecule has 0 aromatic heterocycles. The summed E-state index contributed by atoms with van der Waals surface area (Å²) in [5.74, 6) is -2.04. The van der Waals surface area contributed by atoms with Crippen LogP contribution in [0.1, 0.15) is 22.0 Å². The molecular weight excluding hydrogens is 263 g/mol. The van der Waals surface area contributed by atoms with Crippen LogP contribution in [-0.4, -0.2) is 22.8 Å². The maximum atomic E-state index is 13.4. The fourth-order valence-corrected chi connectivity index (χ4v) is 1.71. The van der Waals surface area contributed by atoms with Crippen molar-refractivity contribution in [2.45, 2.75) is 6.10 Å². The summed E-state index contributed by atoms with van der Waals surface area (Å²) in [6.45, 7) is -0.0458. The summed E-state index contributed by atoms with van der Waals surface area (Å²) in [7, 11) is 0. The summed E-state index contributed by atoms with van der Waals surface area (Å²) in [4.78, 5) is 10.7. The third-order valence-corrected chi connectivity index (χ3v) is 2.76. The van der Waals surface area contributed by atoms with E-state index in [2.05, 4.69) is 0 Å². The van der Waals surface area contributed by atoms with Gasteiger partial charge in [0, 0.05) is 6.07 Å². The number of carboxylic acids is 1. The first-order valence-electron chi connectivity index (χ1n) is 5.96. The Labute approximate surface area is 115 Å². The van der Waals surface area contributed by atoms with Crippen LogP contribution in [0.3, 0.4) is 0 Å². The Hall–Kier alpha value is -2.40. The number of carbonyl (C=O) groups is 1. The topological polar surface area (TPSA) is 66.8 Å². The molecule has 0 aliphatic rings. The average molecular weight is 276 g/mol. The smallest absolute Gasteiger partial charge is 0.338 e. The minimum Gasteiger partial charge on any atom is -0.490 e. The standard InChI is InChI=1S/C15H13FO4/c16-13-8-11(6-7-12(13)15(18)19)20-9-14(17)10-4-2-1-3-5-10/h1-8,14,17H,9H2,(H,18,19).